The van der Waals surface area contributed by atoms with E-state index >= 15 is 0 Å². The molecule has 0 aromatic carbocycles. The largest absolute Gasteiger partial charge is 0.336 e. The third kappa shape index (κ3) is 5.57. The van der Waals surface area contributed by atoms with E-state index in [1.165, 1.54) is 0 Å². The number of amides is 1. The first kappa shape index (κ1) is 15.9. The molecule has 0 aliphatic rings. The van der Waals surface area contributed by atoms with Gasteiger partial charge < -0.3 is 9.80 Å². The Morgan fingerprint density at radius 1 is 1.37 bits per heavy atom. The van der Waals surface area contributed by atoms with Gasteiger partial charge in [-0.3, -0.25) is 9.78 Å². The first-order valence-corrected chi connectivity index (χ1v) is 6.83. The molecule has 1 aromatic rings. The zero-order valence-electron chi connectivity index (χ0n) is 12.1. The lowest BCUT2D eigenvalue weighted by molar-refractivity contribution is 0.0719. The Morgan fingerprint density at radius 3 is 2.58 bits per heavy atom. The van der Waals surface area contributed by atoms with Crippen molar-refractivity contribution in [3.63, 3.8) is 0 Å². The lowest BCUT2D eigenvalue weighted by Crippen LogP contribution is -2.39. The molecule has 0 bridgehead atoms. The van der Waals surface area contributed by atoms with E-state index in [1.807, 2.05) is 19.0 Å². The summed E-state index contributed by atoms with van der Waals surface area (Å²) in [5.74, 6) is 0.364. The van der Waals surface area contributed by atoms with Crippen LogP contribution in [0.2, 0.25) is 5.02 Å². The maximum Gasteiger partial charge on any atom is 0.272 e. The quantitative estimate of drug-likeness (QED) is 0.804. The van der Waals surface area contributed by atoms with Crippen LogP contribution in [0.15, 0.2) is 18.3 Å². The van der Waals surface area contributed by atoms with Crippen LogP contribution in [-0.2, 0) is 0 Å². The molecular formula is C14H22ClN3O. The minimum atomic E-state index is -0.0574. The topological polar surface area (TPSA) is 36.4 Å². The molecule has 4 nitrogen and oxygen atoms in total. The second-order valence-corrected chi connectivity index (χ2v) is 5.74. The second-order valence-electron chi connectivity index (χ2n) is 5.31. The summed E-state index contributed by atoms with van der Waals surface area (Å²) in [6.07, 6.45) is 1.56. The molecule has 0 radical (unpaired) electrons. The number of halogens is 1. The Kier molecular flexibility index (Phi) is 6.25. The van der Waals surface area contributed by atoms with E-state index in [2.05, 4.69) is 23.7 Å². The van der Waals surface area contributed by atoms with E-state index in [1.54, 1.807) is 18.3 Å². The number of hydrogen-bond donors (Lipinski definition) is 0. The van der Waals surface area contributed by atoms with Crippen LogP contribution >= 0.6 is 11.6 Å². The van der Waals surface area contributed by atoms with Crippen LogP contribution in [0.4, 0.5) is 0 Å². The van der Waals surface area contributed by atoms with Crippen LogP contribution in [0.3, 0.4) is 0 Å². The Labute approximate surface area is 120 Å². The zero-order valence-corrected chi connectivity index (χ0v) is 12.8. The van der Waals surface area contributed by atoms with Crippen LogP contribution in [0.1, 0.15) is 24.3 Å². The zero-order chi connectivity index (χ0) is 14.4. The third-order valence-corrected chi connectivity index (χ3v) is 2.87. The molecule has 0 N–H and O–H groups in total. The van der Waals surface area contributed by atoms with Gasteiger partial charge in [0.1, 0.15) is 5.69 Å². The van der Waals surface area contributed by atoms with Crippen molar-refractivity contribution in [2.24, 2.45) is 5.92 Å². The van der Waals surface area contributed by atoms with Gasteiger partial charge >= 0.3 is 0 Å². The van der Waals surface area contributed by atoms with Crippen LogP contribution in [0, 0.1) is 5.92 Å². The summed E-state index contributed by atoms with van der Waals surface area (Å²) in [5.41, 5.74) is 0.409. The van der Waals surface area contributed by atoms with Crippen molar-refractivity contribution in [2.75, 3.05) is 33.7 Å². The predicted octanol–water partition coefficient (Wildman–Crippen LogP) is 2.39. The molecule has 0 atom stereocenters. The minimum Gasteiger partial charge on any atom is -0.336 e. The van der Waals surface area contributed by atoms with Gasteiger partial charge in [0.05, 0.1) is 0 Å². The van der Waals surface area contributed by atoms with Crippen LogP contribution in [0.5, 0.6) is 0 Å². The molecule has 5 heteroatoms. The number of aromatic nitrogens is 1. The molecule has 1 aromatic heterocycles. The van der Waals surface area contributed by atoms with E-state index in [9.17, 15) is 4.79 Å². The van der Waals surface area contributed by atoms with Gasteiger partial charge in [-0.1, -0.05) is 25.4 Å². The van der Waals surface area contributed by atoms with Gasteiger partial charge in [0.2, 0.25) is 0 Å². The predicted molar refractivity (Wildman–Crippen MR) is 78.5 cm³/mol. The van der Waals surface area contributed by atoms with Crippen molar-refractivity contribution in [1.29, 1.82) is 0 Å². The fourth-order valence-corrected chi connectivity index (χ4v) is 1.88. The van der Waals surface area contributed by atoms with E-state index < -0.39 is 0 Å². The highest BCUT2D eigenvalue weighted by atomic mass is 35.5. The van der Waals surface area contributed by atoms with Gasteiger partial charge in [-0.2, -0.15) is 0 Å². The Balaban J connectivity index is 2.81. The van der Waals surface area contributed by atoms with E-state index in [0.717, 1.165) is 13.1 Å². The normalized spacial score (nSPS) is 11.1. The highest BCUT2D eigenvalue weighted by molar-refractivity contribution is 6.30. The smallest absolute Gasteiger partial charge is 0.272 e. The van der Waals surface area contributed by atoms with Gasteiger partial charge in [0.25, 0.3) is 5.91 Å². The highest BCUT2D eigenvalue weighted by Crippen LogP contribution is 2.11. The summed E-state index contributed by atoms with van der Waals surface area (Å²) in [6, 6.07) is 3.29. The molecule has 1 rings (SSSR count). The molecule has 0 aliphatic heterocycles. The molecule has 0 saturated carbocycles. The SMILES string of the molecule is CC(C)CN(CCN(C)C)C(=O)c1cc(Cl)ccn1. The van der Waals surface area contributed by atoms with Gasteiger partial charge in [-0.15, -0.1) is 0 Å². The van der Waals surface area contributed by atoms with Gasteiger partial charge in [0, 0.05) is 30.9 Å². The molecule has 19 heavy (non-hydrogen) atoms. The van der Waals surface area contributed by atoms with Crippen LogP contribution < -0.4 is 0 Å². The standard InChI is InChI=1S/C14H22ClN3O/c1-11(2)10-18(8-7-17(3)4)14(19)13-9-12(15)5-6-16-13/h5-6,9,11H,7-8,10H2,1-4H3. The van der Waals surface area contributed by atoms with Crippen molar-refractivity contribution in [1.82, 2.24) is 14.8 Å². The third-order valence-electron chi connectivity index (χ3n) is 2.63. The molecule has 0 unspecified atom stereocenters. The summed E-state index contributed by atoms with van der Waals surface area (Å²) in [4.78, 5) is 20.4. The van der Waals surface area contributed by atoms with Crippen molar-refractivity contribution in [2.45, 2.75) is 13.8 Å². The number of carbonyl (C=O) groups is 1. The molecule has 0 fully saturated rings. The van der Waals surface area contributed by atoms with E-state index in [4.69, 9.17) is 11.6 Å². The first-order valence-electron chi connectivity index (χ1n) is 6.45. The first-order chi connectivity index (χ1) is 8.90. The number of likely N-dealkylation sites (N-methyl/N-ethyl adjacent to an activating group) is 1. The lowest BCUT2D eigenvalue weighted by atomic mass is 10.2. The molecule has 0 aliphatic carbocycles. The Bertz CT molecular complexity index is 421. The molecular weight excluding hydrogens is 262 g/mol. The van der Waals surface area contributed by atoms with Gasteiger partial charge in [0.15, 0.2) is 0 Å². The maximum atomic E-state index is 12.4. The minimum absolute atomic E-state index is 0.0574. The molecule has 1 amide bonds. The highest BCUT2D eigenvalue weighted by Gasteiger charge is 2.18. The molecule has 106 valence electrons. The summed E-state index contributed by atoms with van der Waals surface area (Å²) >= 11 is 5.91. The molecule has 0 saturated heterocycles. The van der Waals surface area contributed by atoms with Crippen molar-refractivity contribution in [3.8, 4) is 0 Å². The van der Waals surface area contributed by atoms with Crippen molar-refractivity contribution < 1.29 is 4.79 Å². The fourth-order valence-electron chi connectivity index (χ4n) is 1.72. The molecule has 0 spiro atoms. The fraction of sp³-hybridized carbons (Fsp3) is 0.571. The van der Waals surface area contributed by atoms with E-state index in [0.29, 0.717) is 23.2 Å². The maximum absolute atomic E-state index is 12.4. The second kappa shape index (κ2) is 7.46. The number of pyridine rings is 1. The monoisotopic (exact) mass is 283 g/mol. The van der Waals surface area contributed by atoms with Crippen LogP contribution in [-0.4, -0.2) is 54.4 Å². The van der Waals surface area contributed by atoms with Crippen LogP contribution in [0.25, 0.3) is 0 Å². The van der Waals surface area contributed by atoms with Crippen molar-refractivity contribution in [3.05, 3.63) is 29.0 Å². The van der Waals surface area contributed by atoms with Gasteiger partial charge in [-0.25, -0.2) is 0 Å². The summed E-state index contributed by atoms with van der Waals surface area (Å²) < 4.78 is 0. The molecule has 1 heterocycles. The Hall–Kier alpha value is -1.13. The summed E-state index contributed by atoms with van der Waals surface area (Å²) in [6.45, 7) is 6.45. The van der Waals surface area contributed by atoms with E-state index in [-0.39, 0.29) is 5.91 Å². The average molecular weight is 284 g/mol. The Morgan fingerprint density at radius 2 is 2.05 bits per heavy atom. The average Bonchev–Trinajstić information content (AvgIpc) is 2.33. The number of hydrogen-bond acceptors (Lipinski definition) is 3. The number of nitrogens with zero attached hydrogens (tertiary/aromatic N) is 3. The lowest BCUT2D eigenvalue weighted by Gasteiger charge is -2.25. The van der Waals surface area contributed by atoms with Gasteiger partial charge in [-0.05, 0) is 32.1 Å². The number of carbonyl (C=O) groups excluding carboxylic acids is 1. The summed E-state index contributed by atoms with van der Waals surface area (Å²) in [5, 5.41) is 0.537. The van der Waals surface area contributed by atoms with Crippen molar-refractivity contribution >= 4 is 17.5 Å². The number of rotatable bonds is 6. The summed E-state index contributed by atoms with van der Waals surface area (Å²) in [7, 11) is 3.99.